The molecule has 140 valence electrons. The minimum absolute atomic E-state index is 0.0817. The van der Waals surface area contributed by atoms with Gasteiger partial charge in [0.15, 0.2) is 0 Å². The van der Waals surface area contributed by atoms with E-state index in [0.29, 0.717) is 5.82 Å². The van der Waals surface area contributed by atoms with Crippen LogP contribution < -0.4 is 10.1 Å². The zero-order chi connectivity index (χ0) is 19.5. The highest BCUT2D eigenvalue weighted by Gasteiger charge is 2.11. The van der Waals surface area contributed by atoms with Crippen LogP contribution in [0.4, 0.5) is 14.6 Å². The van der Waals surface area contributed by atoms with E-state index in [0.717, 1.165) is 20.8 Å². The van der Waals surface area contributed by atoms with Crippen molar-refractivity contribution < 1.29 is 18.3 Å². The summed E-state index contributed by atoms with van der Waals surface area (Å²) in [5, 5.41) is 3.47. The van der Waals surface area contributed by atoms with E-state index in [1.165, 1.54) is 24.3 Å². The zero-order valence-electron chi connectivity index (χ0n) is 14.3. The number of nitrogens with one attached hydrogen (secondary N) is 1. The number of pyridine rings is 1. The number of halogens is 2. The summed E-state index contributed by atoms with van der Waals surface area (Å²) in [6.07, 6.45) is 1.63. The van der Waals surface area contributed by atoms with Crippen LogP contribution in [0.15, 0.2) is 66.9 Å². The number of anilines is 1. The van der Waals surface area contributed by atoms with E-state index >= 15 is 0 Å². The summed E-state index contributed by atoms with van der Waals surface area (Å²) in [7, 11) is 0. The molecule has 4 aromatic rings. The number of aromatic nitrogens is 2. The van der Waals surface area contributed by atoms with Gasteiger partial charge in [0.1, 0.15) is 16.6 Å². The van der Waals surface area contributed by atoms with Gasteiger partial charge in [0.2, 0.25) is 0 Å². The van der Waals surface area contributed by atoms with Crippen molar-refractivity contribution in [1.29, 1.82) is 0 Å². The molecule has 0 aliphatic rings. The van der Waals surface area contributed by atoms with Crippen molar-refractivity contribution in [3.63, 3.8) is 0 Å². The molecular formula is C20H13F2N3O2S. The lowest BCUT2D eigenvalue weighted by molar-refractivity contribution is -0.0498. The van der Waals surface area contributed by atoms with E-state index in [4.69, 9.17) is 0 Å². The SMILES string of the molecule is O=C(Nc1ccc(-c2nc3ccccc3s2)cn1)c1cccc(OC(F)F)c1. The Labute approximate surface area is 162 Å². The van der Waals surface area contributed by atoms with Crippen molar-refractivity contribution in [3.05, 3.63) is 72.4 Å². The first-order chi connectivity index (χ1) is 13.6. The predicted molar refractivity (Wildman–Crippen MR) is 104 cm³/mol. The molecule has 1 N–H and O–H groups in total. The van der Waals surface area contributed by atoms with Crippen molar-refractivity contribution in [3.8, 4) is 16.3 Å². The molecule has 0 unspecified atom stereocenters. The van der Waals surface area contributed by atoms with Crippen LogP contribution in [0.5, 0.6) is 5.75 Å². The second-order valence-corrected chi connectivity index (χ2v) is 6.81. The minimum Gasteiger partial charge on any atom is -0.435 e. The number of fused-ring (bicyclic) bond motifs is 1. The molecule has 1 amide bonds. The Hall–Kier alpha value is -3.39. The Bertz CT molecular complexity index is 1100. The standard InChI is InChI=1S/C20H13F2N3O2S/c21-20(22)27-14-5-3-4-12(10-14)18(26)25-17-9-8-13(11-23-17)19-24-15-6-1-2-7-16(15)28-19/h1-11,20H,(H,23,25,26). The Morgan fingerprint density at radius 2 is 1.93 bits per heavy atom. The Kier molecular flexibility index (Phi) is 4.94. The largest absolute Gasteiger partial charge is 0.435 e. The van der Waals surface area contributed by atoms with Crippen LogP contribution in [0.3, 0.4) is 0 Å². The molecule has 0 saturated carbocycles. The lowest BCUT2D eigenvalue weighted by Gasteiger charge is -2.08. The van der Waals surface area contributed by atoms with E-state index in [9.17, 15) is 13.6 Å². The maximum atomic E-state index is 12.3. The molecule has 28 heavy (non-hydrogen) atoms. The fourth-order valence-electron chi connectivity index (χ4n) is 2.59. The molecule has 2 heterocycles. The zero-order valence-corrected chi connectivity index (χ0v) is 15.1. The molecule has 8 heteroatoms. The third-order valence-electron chi connectivity index (χ3n) is 3.87. The van der Waals surface area contributed by atoms with Gasteiger partial charge in [-0.15, -0.1) is 11.3 Å². The highest BCUT2D eigenvalue weighted by Crippen LogP contribution is 2.29. The van der Waals surface area contributed by atoms with Crippen LogP contribution in [-0.4, -0.2) is 22.5 Å². The van der Waals surface area contributed by atoms with Gasteiger partial charge in [0.05, 0.1) is 10.2 Å². The number of benzene rings is 2. The first kappa shape index (κ1) is 18.0. The van der Waals surface area contributed by atoms with Gasteiger partial charge in [-0.05, 0) is 42.5 Å². The number of para-hydroxylation sites is 1. The number of carbonyl (C=O) groups excluding carboxylic acids is 1. The van der Waals surface area contributed by atoms with Gasteiger partial charge < -0.3 is 10.1 Å². The van der Waals surface area contributed by atoms with E-state index < -0.39 is 12.5 Å². The number of ether oxygens (including phenoxy) is 1. The van der Waals surface area contributed by atoms with Crippen LogP contribution in [-0.2, 0) is 0 Å². The summed E-state index contributed by atoms with van der Waals surface area (Å²) < 4.78 is 30.0. The van der Waals surface area contributed by atoms with Gasteiger partial charge in [-0.2, -0.15) is 8.78 Å². The molecule has 2 aromatic carbocycles. The molecule has 0 fully saturated rings. The van der Waals surface area contributed by atoms with Crippen LogP contribution in [0, 0.1) is 0 Å². The quantitative estimate of drug-likeness (QED) is 0.502. The van der Waals surface area contributed by atoms with Crippen molar-refractivity contribution in [2.45, 2.75) is 6.61 Å². The number of hydrogen-bond donors (Lipinski definition) is 1. The van der Waals surface area contributed by atoms with Crippen LogP contribution in [0.25, 0.3) is 20.8 Å². The van der Waals surface area contributed by atoms with E-state index in [2.05, 4.69) is 20.0 Å². The summed E-state index contributed by atoms with van der Waals surface area (Å²) in [4.78, 5) is 21.1. The maximum Gasteiger partial charge on any atom is 0.387 e. The first-order valence-corrected chi connectivity index (χ1v) is 9.08. The second-order valence-electron chi connectivity index (χ2n) is 5.78. The summed E-state index contributed by atoms with van der Waals surface area (Å²) >= 11 is 1.56. The van der Waals surface area contributed by atoms with Gasteiger partial charge in [-0.25, -0.2) is 9.97 Å². The fourth-order valence-corrected chi connectivity index (χ4v) is 3.55. The minimum atomic E-state index is -2.95. The third-order valence-corrected chi connectivity index (χ3v) is 4.95. The van der Waals surface area contributed by atoms with Crippen molar-refractivity contribution in [2.24, 2.45) is 0 Å². The van der Waals surface area contributed by atoms with Crippen molar-refractivity contribution in [2.75, 3.05) is 5.32 Å². The molecule has 2 aromatic heterocycles. The predicted octanol–water partition coefficient (Wildman–Crippen LogP) is 5.21. The van der Waals surface area contributed by atoms with Crippen LogP contribution in [0.2, 0.25) is 0 Å². The normalized spacial score (nSPS) is 11.0. The van der Waals surface area contributed by atoms with E-state index in [1.807, 2.05) is 30.3 Å². The molecule has 0 bridgehead atoms. The van der Waals surface area contributed by atoms with E-state index in [-0.39, 0.29) is 11.3 Å². The highest BCUT2D eigenvalue weighted by molar-refractivity contribution is 7.21. The van der Waals surface area contributed by atoms with E-state index in [1.54, 1.807) is 23.6 Å². The number of rotatable bonds is 5. The number of carbonyl (C=O) groups is 1. The smallest absolute Gasteiger partial charge is 0.387 e. The maximum absolute atomic E-state index is 12.3. The number of thiazole rings is 1. The third kappa shape index (κ3) is 3.96. The molecule has 0 aliphatic heterocycles. The van der Waals surface area contributed by atoms with Crippen molar-refractivity contribution in [1.82, 2.24) is 9.97 Å². The van der Waals surface area contributed by atoms with Crippen LogP contribution in [0.1, 0.15) is 10.4 Å². The molecule has 0 saturated heterocycles. The van der Waals surface area contributed by atoms with Crippen molar-refractivity contribution >= 4 is 33.3 Å². The summed E-state index contributed by atoms with van der Waals surface area (Å²) in [5.74, 6) is -0.211. The lowest BCUT2D eigenvalue weighted by atomic mass is 10.2. The fraction of sp³-hybridized carbons (Fsp3) is 0.0500. The molecule has 0 spiro atoms. The summed E-state index contributed by atoms with van der Waals surface area (Å²) in [6, 6.07) is 16.9. The number of hydrogen-bond acceptors (Lipinski definition) is 5. The summed E-state index contributed by atoms with van der Waals surface area (Å²) in [6.45, 7) is -2.95. The first-order valence-electron chi connectivity index (χ1n) is 8.27. The lowest BCUT2D eigenvalue weighted by Crippen LogP contribution is -2.13. The Morgan fingerprint density at radius 1 is 1.07 bits per heavy atom. The number of alkyl halides is 2. The number of nitrogens with zero attached hydrogens (tertiary/aromatic N) is 2. The van der Waals surface area contributed by atoms with Gasteiger partial charge in [-0.3, -0.25) is 4.79 Å². The number of amides is 1. The molecule has 4 rings (SSSR count). The Morgan fingerprint density at radius 3 is 2.68 bits per heavy atom. The monoisotopic (exact) mass is 397 g/mol. The van der Waals surface area contributed by atoms with Gasteiger partial charge >= 0.3 is 6.61 Å². The van der Waals surface area contributed by atoms with Gasteiger partial charge in [0.25, 0.3) is 5.91 Å². The average molecular weight is 397 g/mol. The highest BCUT2D eigenvalue weighted by atomic mass is 32.1. The molecular weight excluding hydrogens is 384 g/mol. The molecule has 0 radical (unpaired) electrons. The average Bonchev–Trinajstić information content (AvgIpc) is 3.12. The Balaban J connectivity index is 1.49. The topological polar surface area (TPSA) is 64.1 Å². The van der Waals surface area contributed by atoms with Crippen LogP contribution >= 0.6 is 11.3 Å². The van der Waals surface area contributed by atoms with Gasteiger partial charge in [0, 0.05) is 17.3 Å². The second kappa shape index (κ2) is 7.69. The molecule has 0 aliphatic carbocycles. The van der Waals surface area contributed by atoms with Gasteiger partial charge in [-0.1, -0.05) is 18.2 Å². The molecule has 0 atom stereocenters. The summed E-state index contributed by atoms with van der Waals surface area (Å²) in [5.41, 5.74) is 1.95. The molecule has 5 nitrogen and oxygen atoms in total.